The lowest BCUT2D eigenvalue weighted by Crippen LogP contribution is -2.34. The number of likely N-dealkylation sites (N-methyl/N-ethyl adjacent to an activating group) is 1. The third-order valence-corrected chi connectivity index (χ3v) is 2.07. The van der Waals surface area contributed by atoms with Crippen molar-refractivity contribution in [1.82, 2.24) is 10.0 Å². The summed E-state index contributed by atoms with van der Waals surface area (Å²) in [5.74, 6) is 0. The highest BCUT2D eigenvalue weighted by Crippen LogP contribution is 2.17. The lowest BCUT2D eigenvalue weighted by atomic mass is 10.3. The lowest BCUT2D eigenvalue weighted by Gasteiger charge is -2.26. The fraction of sp³-hybridized carbons (Fsp3) is 0.500. The first-order chi connectivity index (χ1) is 4.66. The highest BCUT2D eigenvalue weighted by molar-refractivity contribution is 5.14. The van der Waals surface area contributed by atoms with E-state index in [4.69, 9.17) is 0 Å². The maximum atomic E-state index is 3.75. The minimum Gasteiger partial charge on any atom is -0.313 e. The molecule has 0 radical (unpaired) electrons. The summed E-state index contributed by atoms with van der Waals surface area (Å²) in [5, 5.41) is 4.26. The van der Waals surface area contributed by atoms with E-state index in [1.807, 2.05) is 6.08 Å². The third-order valence-electron chi connectivity index (χ3n) is 2.07. The summed E-state index contributed by atoms with van der Waals surface area (Å²) >= 11 is 0. The van der Waals surface area contributed by atoms with Crippen LogP contribution in [0.5, 0.6) is 0 Å². The molecule has 0 spiro atoms. The predicted octanol–water partition coefficient (Wildman–Crippen LogP) is 1.24. The maximum absolute atomic E-state index is 3.75. The Morgan fingerprint density at radius 2 is 2.20 bits per heavy atom. The Morgan fingerprint density at radius 1 is 1.60 bits per heavy atom. The Balaban J connectivity index is 2.75. The molecule has 2 nitrogen and oxygen atoms in total. The van der Waals surface area contributed by atoms with Crippen LogP contribution in [0, 0.1) is 0 Å². The van der Waals surface area contributed by atoms with Crippen LogP contribution in [0.15, 0.2) is 24.4 Å². The molecule has 2 heteroatoms. The van der Waals surface area contributed by atoms with Crippen LogP contribution in [0.1, 0.15) is 6.92 Å². The van der Waals surface area contributed by atoms with Gasteiger partial charge in [-0.25, -0.2) is 5.01 Å². The van der Waals surface area contributed by atoms with Crippen LogP contribution in [0.4, 0.5) is 0 Å². The molecule has 1 heterocycles. The van der Waals surface area contributed by atoms with Gasteiger partial charge in [-0.15, -0.1) is 6.58 Å². The maximum Gasteiger partial charge on any atom is 0.0668 e. The van der Waals surface area contributed by atoms with Crippen LogP contribution in [-0.2, 0) is 0 Å². The predicted molar refractivity (Wildman–Crippen MR) is 43.3 cm³/mol. The average molecular weight is 138 g/mol. The van der Waals surface area contributed by atoms with Gasteiger partial charge in [-0.05, 0) is 13.0 Å². The van der Waals surface area contributed by atoms with Gasteiger partial charge in [0.05, 0.1) is 6.04 Å². The summed E-state index contributed by atoms with van der Waals surface area (Å²) in [6.45, 7) is 5.85. The van der Waals surface area contributed by atoms with E-state index in [9.17, 15) is 0 Å². The van der Waals surface area contributed by atoms with Crippen molar-refractivity contribution in [2.45, 2.75) is 13.0 Å². The quantitative estimate of drug-likeness (QED) is 0.503. The molecule has 0 N–H and O–H groups in total. The van der Waals surface area contributed by atoms with E-state index in [1.165, 1.54) is 5.70 Å². The number of rotatable bonds is 1. The minimum atomic E-state index is 0.380. The fourth-order valence-electron chi connectivity index (χ4n) is 1.13. The molecule has 0 aliphatic carbocycles. The summed E-state index contributed by atoms with van der Waals surface area (Å²) in [5.41, 5.74) is 1.28. The Bertz CT molecular complexity index is 172. The largest absolute Gasteiger partial charge is 0.313 e. The third kappa shape index (κ3) is 0.948. The Hall–Kier alpha value is -0.760. The van der Waals surface area contributed by atoms with Crippen LogP contribution < -0.4 is 0 Å². The van der Waals surface area contributed by atoms with Gasteiger partial charge in [0.25, 0.3) is 0 Å². The zero-order valence-corrected chi connectivity index (χ0v) is 6.83. The molecule has 0 aromatic rings. The normalized spacial score (nSPS) is 26.9. The molecule has 0 fully saturated rings. The van der Waals surface area contributed by atoms with Crippen molar-refractivity contribution >= 4 is 0 Å². The molecular weight excluding hydrogens is 124 g/mol. The van der Waals surface area contributed by atoms with Crippen molar-refractivity contribution in [2.75, 3.05) is 14.1 Å². The summed E-state index contributed by atoms with van der Waals surface area (Å²) in [4.78, 5) is 0. The van der Waals surface area contributed by atoms with Gasteiger partial charge in [0.15, 0.2) is 0 Å². The molecule has 1 aliphatic heterocycles. The minimum absolute atomic E-state index is 0.380. The first kappa shape index (κ1) is 7.35. The molecule has 0 aromatic carbocycles. The van der Waals surface area contributed by atoms with E-state index in [2.05, 4.69) is 43.7 Å². The molecule has 1 atom stereocenters. The monoisotopic (exact) mass is 138 g/mol. The zero-order chi connectivity index (χ0) is 7.72. The molecule has 0 aromatic heterocycles. The van der Waals surface area contributed by atoms with Gasteiger partial charge < -0.3 is 5.01 Å². The van der Waals surface area contributed by atoms with Crippen LogP contribution in [0.2, 0.25) is 0 Å². The first-order valence-electron chi connectivity index (χ1n) is 3.44. The number of allylic oxidation sites excluding steroid dienone is 1. The van der Waals surface area contributed by atoms with Crippen molar-refractivity contribution in [2.24, 2.45) is 0 Å². The molecule has 0 saturated heterocycles. The van der Waals surface area contributed by atoms with E-state index >= 15 is 0 Å². The van der Waals surface area contributed by atoms with Gasteiger partial charge in [-0.3, -0.25) is 0 Å². The Labute approximate surface area is 62.4 Å². The Kier molecular flexibility index (Phi) is 1.81. The van der Waals surface area contributed by atoms with Crippen LogP contribution >= 0.6 is 0 Å². The van der Waals surface area contributed by atoms with Gasteiger partial charge in [0.2, 0.25) is 0 Å². The molecule has 1 unspecified atom stereocenters. The molecule has 0 bridgehead atoms. The Morgan fingerprint density at radius 3 is 2.40 bits per heavy atom. The second-order valence-corrected chi connectivity index (χ2v) is 2.63. The molecule has 56 valence electrons. The van der Waals surface area contributed by atoms with Gasteiger partial charge in [-0.1, -0.05) is 6.08 Å². The number of hydrogen-bond acceptors (Lipinski definition) is 2. The van der Waals surface area contributed by atoms with Crippen molar-refractivity contribution in [1.29, 1.82) is 0 Å². The standard InChI is InChI=1S/C8H14N2/c1-5-8-6-7(2)9(3)10(8)4/h5-6,8H,1H2,2-4H3. The molecular formula is C8H14N2. The molecule has 0 saturated carbocycles. The van der Waals surface area contributed by atoms with Gasteiger partial charge in [0, 0.05) is 19.8 Å². The van der Waals surface area contributed by atoms with Crippen LogP contribution in [0.3, 0.4) is 0 Å². The van der Waals surface area contributed by atoms with E-state index < -0.39 is 0 Å². The summed E-state index contributed by atoms with van der Waals surface area (Å²) in [6.07, 6.45) is 4.12. The van der Waals surface area contributed by atoms with Crippen molar-refractivity contribution in [3.05, 3.63) is 24.4 Å². The van der Waals surface area contributed by atoms with E-state index in [1.54, 1.807) is 0 Å². The van der Waals surface area contributed by atoms with E-state index in [0.717, 1.165) is 0 Å². The van der Waals surface area contributed by atoms with E-state index in [-0.39, 0.29) is 0 Å². The van der Waals surface area contributed by atoms with Gasteiger partial charge >= 0.3 is 0 Å². The smallest absolute Gasteiger partial charge is 0.0668 e. The second-order valence-electron chi connectivity index (χ2n) is 2.63. The molecule has 0 amide bonds. The van der Waals surface area contributed by atoms with Crippen molar-refractivity contribution < 1.29 is 0 Å². The second kappa shape index (κ2) is 2.46. The van der Waals surface area contributed by atoms with E-state index in [0.29, 0.717) is 6.04 Å². The number of hydrazine groups is 1. The van der Waals surface area contributed by atoms with Crippen molar-refractivity contribution in [3.63, 3.8) is 0 Å². The molecule has 1 aliphatic rings. The zero-order valence-electron chi connectivity index (χ0n) is 6.83. The molecule has 10 heavy (non-hydrogen) atoms. The van der Waals surface area contributed by atoms with Gasteiger partial charge in [0.1, 0.15) is 0 Å². The topological polar surface area (TPSA) is 6.48 Å². The average Bonchev–Trinajstić information content (AvgIpc) is 2.17. The summed E-state index contributed by atoms with van der Waals surface area (Å²) in [6, 6.07) is 0.380. The fourth-order valence-corrected chi connectivity index (χ4v) is 1.13. The van der Waals surface area contributed by atoms with Crippen molar-refractivity contribution in [3.8, 4) is 0 Å². The SMILES string of the molecule is C=CC1C=C(C)N(C)N1C. The lowest BCUT2D eigenvalue weighted by molar-refractivity contribution is 0.0789. The van der Waals surface area contributed by atoms with Gasteiger partial charge in [-0.2, -0.15) is 0 Å². The first-order valence-corrected chi connectivity index (χ1v) is 3.44. The summed E-state index contributed by atoms with van der Waals surface area (Å²) in [7, 11) is 4.11. The highest BCUT2D eigenvalue weighted by atomic mass is 15.6. The highest BCUT2D eigenvalue weighted by Gasteiger charge is 2.20. The molecule has 1 rings (SSSR count). The van der Waals surface area contributed by atoms with Crippen LogP contribution in [-0.4, -0.2) is 30.2 Å². The number of hydrogen-bond donors (Lipinski definition) is 0. The number of nitrogens with zero attached hydrogens (tertiary/aromatic N) is 2. The summed E-state index contributed by atoms with van der Waals surface area (Å²) < 4.78 is 0. The van der Waals surface area contributed by atoms with Crippen LogP contribution in [0.25, 0.3) is 0 Å².